The van der Waals surface area contributed by atoms with Crippen molar-refractivity contribution < 1.29 is 14.2 Å². The highest BCUT2D eigenvalue weighted by atomic mass is 35.5. The van der Waals surface area contributed by atoms with Crippen LogP contribution in [0.5, 0.6) is 17.2 Å². The van der Waals surface area contributed by atoms with Crippen molar-refractivity contribution in [3.63, 3.8) is 0 Å². The van der Waals surface area contributed by atoms with Gasteiger partial charge in [-0.3, -0.25) is 0 Å². The van der Waals surface area contributed by atoms with Crippen LogP contribution < -0.4 is 19.9 Å². The van der Waals surface area contributed by atoms with Crippen LogP contribution in [0.1, 0.15) is 17.0 Å². The van der Waals surface area contributed by atoms with Gasteiger partial charge in [-0.25, -0.2) is 0 Å². The van der Waals surface area contributed by atoms with Crippen molar-refractivity contribution in [1.29, 1.82) is 0 Å². The molecule has 0 radical (unpaired) electrons. The summed E-state index contributed by atoms with van der Waals surface area (Å²) in [5.41, 5.74) is 8.26. The molecular weight excluding hydrogens is 314 g/mol. The van der Waals surface area contributed by atoms with Crippen LogP contribution in [0.25, 0.3) is 0 Å². The molecule has 2 aromatic rings. The largest absolute Gasteiger partial charge is 0.495 e. The standard InChI is InChI=1S/C18H20ClNO3/c1-21-16-4-2-12(9-15(16)19)8-14(11-20)13-3-5-17-18(10-13)23-7-6-22-17/h2-5,9-10,14H,6-8,11,20H2,1H3. The van der Waals surface area contributed by atoms with E-state index >= 15 is 0 Å². The van der Waals surface area contributed by atoms with Gasteiger partial charge in [-0.1, -0.05) is 23.7 Å². The van der Waals surface area contributed by atoms with Crippen molar-refractivity contribution in [2.24, 2.45) is 5.73 Å². The number of ether oxygens (including phenoxy) is 3. The van der Waals surface area contributed by atoms with E-state index in [4.69, 9.17) is 31.5 Å². The monoisotopic (exact) mass is 333 g/mol. The Kier molecular flexibility index (Phi) is 4.94. The summed E-state index contributed by atoms with van der Waals surface area (Å²) in [4.78, 5) is 0. The van der Waals surface area contributed by atoms with Crippen molar-refractivity contribution in [3.05, 3.63) is 52.5 Å². The smallest absolute Gasteiger partial charge is 0.161 e. The molecule has 0 aliphatic carbocycles. The predicted molar refractivity (Wildman–Crippen MR) is 90.9 cm³/mol. The van der Waals surface area contributed by atoms with Gasteiger partial charge in [-0.05, 0) is 48.4 Å². The van der Waals surface area contributed by atoms with E-state index in [0.717, 1.165) is 29.0 Å². The Labute approximate surface area is 141 Å². The quantitative estimate of drug-likeness (QED) is 0.911. The number of fused-ring (bicyclic) bond motifs is 1. The van der Waals surface area contributed by atoms with Gasteiger partial charge in [0.15, 0.2) is 11.5 Å². The Bertz CT molecular complexity index is 690. The molecule has 0 bridgehead atoms. The van der Waals surface area contributed by atoms with Gasteiger partial charge >= 0.3 is 0 Å². The van der Waals surface area contributed by atoms with Gasteiger partial charge in [0.25, 0.3) is 0 Å². The zero-order valence-electron chi connectivity index (χ0n) is 13.0. The average molecular weight is 334 g/mol. The molecule has 0 amide bonds. The molecule has 0 aromatic heterocycles. The van der Waals surface area contributed by atoms with Crippen LogP contribution in [-0.4, -0.2) is 26.9 Å². The summed E-state index contributed by atoms with van der Waals surface area (Å²) in [5, 5.41) is 0.614. The molecule has 5 heteroatoms. The molecule has 1 aliphatic heterocycles. The summed E-state index contributed by atoms with van der Waals surface area (Å²) in [6, 6.07) is 11.9. The summed E-state index contributed by atoms with van der Waals surface area (Å²) in [6.45, 7) is 1.72. The molecule has 1 atom stereocenters. The number of benzene rings is 2. The van der Waals surface area contributed by atoms with Crippen molar-refractivity contribution >= 4 is 11.6 Å². The average Bonchev–Trinajstić information content (AvgIpc) is 2.59. The van der Waals surface area contributed by atoms with Crippen LogP contribution in [0.2, 0.25) is 5.02 Å². The van der Waals surface area contributed by atoms with Crippen LogP contribution >= 0.6 is 11.6 Å². The SMILES string of the molecule is COc1ccc(CC(CN)c2ccc3c(c2)OCCO3)cc1Cl. The third kappa shape index (κ3) is 3.54. The number of hydrogen-bond acceptors (Lipinski definition) is 4. The van der Waals surface area contributed by atoms with Crippen molar-refractivity contribution in [1.82, 2.24) is 0 Å². The lowest BCUT2D eigenvalue weighted by atomic mass is 9.91. The molecule has 0 spiro atoms. The zero-order valence-corrected chi connectivity index (χ0v) is 13.8. The number of hydrogen-bond donors (Lipinski definition) is 1. The van der Waals surface area contributed by atoms with Crippen molar-refractivity contribution in [3.8, 4) is 17.2 Å². The van der Waals surface area contributed by atoms with Crippen molar-refractivity contribution in [2.45, 2.75) is 12.3 Å². The summed E-state index contributed by atoms with van der Waals surface area (Å²) in [5.74, 6) is 2.46. The highest BCUT2D eigenvalue weighted by Gasteiger charge is 2.17. The van der Waals surface area contributed by atoms with Gasteiger partial charge in [0.05, 0.1) is 12.1 Å². The van der Waals surface area contributed by atoms with Crippen LogP contribution in [-0.2, 0) is 6.42 Å². The molecule has 2 aromatic carbocycles. The van der Waals surface area contributed by atoms with Crippen LogP contribution in [0, 0.1) is 0 Å². The van der Waals surface area contributed by atoms with Gasteiger partial charge in [-0.15, -0.1) is 0 Å². The maximum absolute atomic E-state index is 6.20. The van der Waals surface area contributed by atoms with Crippen LogP contribution in [0.3, 0.4) is 0 Å². The van der Waals surface area contributed by atoms with E-state index in [-0.39, 0.29) is 5.92 Å². The molecule has 122 valence electrons. The van der Waals surface area contributed by atoms with E-state index in [2.05, 4.69) is 6.07 Å². The fourth-order valence-electron chi connectivity index (χ4n) is 2.77. The number of rotatable bonds is 5. The van der Waals surface area contributed by atoms with Gasteiger partial charge in [0, 0.05) is 5.92 Å². The lowest BCUT2D eigenvalue weighted by molar-refractivity contribution is 0.171. The second-order valence-electron chi connectivity index (χ2n) is 5.51. The predicted octanol–water partition coefficient (Wildman–Crippen LogP) is 3.40. The lowest BCUT2D eigenvalue weighted by Gasteiger charge is -2.21. The Hall–Kier alpha value is -1.91. The van der Waals surface area contributed by atoms with E-state index in [1.807, 2.05) is 30.3 Å². The molecule has 1 unspecified atom stereocenters. The van der Waals surface area contributed by atoms with Crippen LogP contribution in [0.15, 0.2) is 36.4 Å². The molecule has 0 fully saturated rings. The minimum Gasteiger partial charge on any atom is -0.495 e. The summed E-state index contributed by atoms with van der Waals surface area (Å²) < 4.78 is 16.4. The summed E-state index contributed by atoms with van der Waals surface area (Å²) in [7, 11) is 1.61. The minimum atomic E-state index is 0.190. The maximum atomic E-state index is 6.20. The van der Waals surface area contributed by atoms with E-state index < -0.39 is 0 Å². The summed E-state index contributed by atoms with van der Waals surface area (Å²) in [6.07, 6.45) is 0.805. The maximum Gasteiger partial charge on any atom is 0.161 e. The molecule has 4 nitrogen and oxygen atoms in total. The molecule has 1 aliphatic rings. The molecular formula is C18H20ClNO3. The lowest BCUT2D eigenvalue weighted by Crippen LogP contribution is -2.18. The van der Waals surface area contributed by atoms with E-state index in [1.54, 1.807) is 7.11 Å². The normalized spacial score (nSPS) is 14.4. The van der Waals surface area contributed by atoms with Crippen molar-refractivity contribution in [2.75, 3.05) is 26.9 Å². The second-order valence-corrected chi connectivity index (χ2v) is 5.92. The minimum absolute atomic E-state index is 0.190. The molecule has 3 rings (SSSR count). The van der Waals surface area contributed by atoms with Gasteiger partial charge in [0.2, 0.25) is 0 Å². The number of nitrogens with two attached hydrogens (primary N) is 1. The van der Waals surface area contributed by atoms with Crippen LogP contribution in [0.4, 0.5) is 0 Å². The Morgan fingerprint density at radius 3 is 2.61 bits per heavy atom. The summed E-state index contributed by atoms with van der Waals surface area (Å²) >= 11 is 6.20. The number of halogens is 1. The van der Waals surface area contributed by atoms with E-state index in [9.17, 15) is 0 Å². The third-order valence-corrected chi connectivity index (χ3v) is 4.32. The van der Waals surface area contributed by atoms with Gasteiger partial charge in [-0.2, -0.15) is 0 Å². The first-order chi connectivity index (χ1) is 11.2. The number of methoxy groups -OCH3 is 1. The van der Waals surface area contributed by atoms with E-state index in [1.165, 1.54) is 0 Å². The molecule has 2 N–H and O–H groups in total. The first kappa shape index (κ1) is 16.0. The first-order valence-corrected chi connectivity index (χ1v) is 8.01. The highest BCUT2D eigenvalue weighted by Crippen LogP contribution is 2.34. The fourth-order valence-corrected chi connectivity index (χ4v) is 3.05. The molecule has 0 saturated carbocycles. The molecule has 0 saturated heterocycles. The fraction of sp³-hybridized carbons (Fsp3) is 0.333. The second kappa shape index (κ2) is 7.11. The highest BCUT2D eigenvalue weighted by molar-refractivity contribution is 6.32. The Morgan fingerprint density at radius 2 is 1.91 bits per heavy atom. The first-order valence-electron chi connectivity index (χ1n) is 7.63. The van der Waals surface area contributed by atoms with Gasteiger partial charge < -0.3 is 19.9 Å². The third-order valence-electron chi connectivity index (χ3n) is 4.02. The molecule has 1 heterocycles. The molecule has 23 heavy (non-hydrogen) atoms. The van der Waals surface area contributed by atoms with Gasteiger partial charge in [0.1, 0.15) is 19.0 Å². The van der Waals surface area contributed by atoms with E-state index in [0.29, 0.717) is 30.5 Å². The zero-order chi connectivity index (χ0) is 16.2. The Balaban J connectivity index is 1.81. The topological polar surface area (TPSA) is 53.7 Å². The Morgan fingerprint density at radius 1 is 1.13 bits per heavy atom.